The molecule has 2 nitrogen and oxygen atoms in total. The van der Waals surface area contributed by atoms with Gasteiger partial charge in [0.1, 0.15) is 0 Å². The monoisotopic (exact) mass is 199 g/mol. The molecule has 0 spiro atoms. The molecule has 0 aromatic carbocycles. The Labute approximate surface area is 88.1 Å². The Morgan fingerprint density at radius 1 is 1.43 bits per heavy atom. The molecule has 0 amide bonds. The van der Waals surface area contributed by atoms with Crippen molar-refractivity contribution in [3.63, 3.8) is 0 Å². The second-order valence-electron chi connectivity index (χ2n) is 4.90. The van der Waals surface area contributed by atoms with E-state index >= 15 is 0 Å². The van der Waals surface area contributed by atoms with Gasteiger partial charge in [0.15, 0.2) is 0 Å². The molecule has 0 saturated heterocycles. The first-order chi connectivity index (χ1) is 6.72. The van der Waals surface area contributed by atoms with Gasteiger partial charge in [-0.3, -0.25) is 0 Å². The van der Waals surface area contributed by atoms with Gasteiger partial charge < -0.3 is 10.4 Å². The summed E-state index contributed by atoms with van der Waals surface area (Å²) >= 11 is 0. The van der Waals surface area contributed by atoms with Gasteiger partial charge >= 0.3 is 0 Å². The molecule has 0 bridgehead atoms. The topological polar surface area (TPSA) is 32.3 Å². The van der Waals surface area contributed by atoms with Gasteiger partial charge in [0, 0.05) is 18.7 Å². The Kier molecular flexibility index (Phi) is 5.49. The zero-order valence-electron chi connectivity index (χ0n) is 9.63. The minimum atomic E-state index is 0.326. The highest BCUT2D eigenvalue weighted by molar-refractivity contribution is 4.78. The third kappa shape index (κ3) is 4.43. The fraction of sp³-hybridized carbons (Fsp3) is 1.00. The molecule has 14 heavy (non-hydrogen) atoms. The summed E-state index contributed by atoms with van der Waals surface area (Å²) in [6.45, 7) is 4.91. The van der Waals surface area contributed by atoms with E-state index in [9.17, 15) is 0 Å². The molecular formula is C12H25NO. The second kappa shape index (κ2) is 6.41. The summed E-state index contributed by atoms with van der Waals surface area (Å²) in [6, 6.07) is 1.30. The number of hydrogen-bond donors (Lipinski definition) is 2. The summed E-state index contributed by atoms with van der Waals surface area (Å²) in [5.74, 6) is 0.895. The summed E-state index contributed by atoms with van der Waals surface area (Å²) in [4.78, 5) is 0. The molecule has 84 valence electrons. The summed E-state index contributed by atoms with van der Waals surface area (Å²) in [7, 11) is 0. The van der Waals surface area contributed by atoms with Crippen LogP contribution in [-0.4, -0.2) is 23.8 Å². The van der Waals surface area contributed by atoms with E-state index < -0.39 is 0 Å². The standard InChI is InChI=1S/C12H25NO/c1-10-5-3-7-12(9-10)13-11(2)6-4-8-14/h10-14H,3-9H2,1-2H3/t10-,11+,12-/m1/s1. The third-order valence-electron chi connectivity index (χ3n) is 3.25. The molecule has 1 aliphatic carbocycles. The third-order valence-corrected chi connectivity index (χ3v) is 3.25. The molecule has 0 unspecified atom stereocenters. The van der Waals surface area contributed by atoms with Crippen molar-refractivity contribution in [1.29, 1.82) is 0 Å². The lowest BCUT2D eigenvalue weighted by molar-refractivity contribution is 0.255. The van der Waals surface area contributed by atoms with E-state index in [1.165, 1.54) is 25.7 Å². The van der Waals surface area contributed by atoms with E-state index in [-0.39, 0.29) is 0 Å². The van der Waals surface area contributed by atoms with Gasteiger partial charge in [0.05, 0.1) is 0 Å². The lowest BCUT2D eigenvalue weighted by Gasteiger charge is -2.30. The maximum Gasteiger partial charge on any atom is 0.0431 e. The summed E-state index contributed by atoms with van der Waals surface area (Å²) < 4.78 is 0. The van der Waals surface area contributed by atoms with Crippen LogP contribution in [0.4, 0.5) is 0 Å². The van der Waals surface area contributed by atoms with E-state index in [0.717, 1.165) is 24.8 Å². The minimum absolute atomic E-state index is 0.326. The minimum Gasteiger partial charge on any atom is -0.396 e. The maximum absolute atomic E-state index is 8.74. The van der Waals surface area contributed by atoms with Crippen LogP contribution in [0, 0.1) is 5.92 Å². The molecule has 0 aliphatic heterocycles. The molecule has 0 aromatic heterocycles. The van der Waals surface area contributed by atoms with Crippen molar-refractivity contribution in [2.75, 3.05) is 6.61 Å². The van der Waals surface area contributed by atoms with Crippen LogP contribution in [0.15, 0.2) is 0 Å². The summed E-state index contributed by atoms with van der Waals surface area (Å²) in [5.41, 5.74) is 0. The van der Waals surface area contributed by atoms with Gasteiger partial charge in [-0.25, -0.2) is 0 Å². The van der Waals surface area contributed by atoms with Crippen molar-refractivity contribution in [1.82, 2.24) is 5.32 Å². The van der Waals surface area contributed by atoms with Crippen molar-refractivity contribution < 1.29 is 5.11 Å². The van der Waals surface area contributed by atoms with E-state index in [1.54, 1.807) is 0 Å². The first-order valence-electron chi connectivity index (χ1n) is 6.09. The van der Waals surface area contributed by atoms with Crippen LogP contribution in [0.2, 0.25) is 0 Å². The van der Waals surface area contributed by atoms with Crippen molar-refractivity contribution in [2.24, 2.45) is 5.92 Å². The molecule has 1 saturated carbocycles. The number of nitrogens with one attached hydrogen (secondary N) is 1. The molecule has 3 atom stereocenters. The quantitative estimate of drug-likeness (QED) is 0.712. The average Bonchev–Trinajstić information content (AvgIpc) is 2.15. The average molecular weight is 199 g/mol. The fourth-order valence-electron chi connectivity index (χ4n) is 2.47. The molecule has 0 aromatic rings. The van der Waals surface area contributed by atoms with Gasteiger partial charge in [-0.05, 0) is 38.5 Å². The van der Waals surface area contributed by atoms with Crippen LogP contribution in [0.3, 0.4) is 0 Å². The van der Waals surface area contributed by atoms with Gasteiger partial charge in [-0.15, -0.1) is 0 Å². The van der Waals surface area contributed by atoms with Crippen molar-refractivity contribution in [3.05, 3.63) is 0 Å². The SMILES string of the molecule is C[C@@H]1CCC[C@@H](N[C@@H](C)CCCO)C1. The van der Waals surface area contributed by atoms with Gasteiger partial charge in [0.2, 0.25) is 0 Å². The Morgan fingerprint density at radius 2 is 2.21 bits per heavy atom. The Hall–Kier alpha value is -0.0800. The number of rotatable bonds is 5. The van der Waals surface area contributed by atoms with Gasteiger partial charge in [-0.2, -0.15) is 0 Å². The predicted molar refractivity (Wildman–Crippen MR) is 60.3 cm³/mol. The highest BCUT2D eigenvalue weighted by Gasteiger charge is 2.19. The number of hydrogen-bond acceptors (Lipinski definition) is 2. The number of aliphatic hydroxyl groups is 1. The smallest absolute Gasteiger partial charge is 0.0431 e. The molecule has 1 aliphatic rings. The molecule has 2 heteroatoms. The van der Waals surface area contributed by atoms with Crippen LogP contribution in [0.5, 0.6) is 0 Å². The van der Waals surface area contributed by atoms with E-state index in [4.69, 9.17) is 5.11 Å². The molecule has 0 radical (unpaired) electrons. The first kappa shape index (κ1) is 12.0. The zero-order valence-corrected chi connectivity index (χ0v) is 9.63. The van der Waals surface area contributed by atoms with Crippen molar-refractivity contribution in [3.8, 4) is 0 Å². The largest absolute Gasteiger partial charge is 0.396 e. The molecule has 1 rings (SSSR count). The molecular weight excluding hydrogens is 174 g/mol. The first-order valence-corrected chi connectivity index (χ1v) is 6.09. The van der Waals surface area contributed by atoms with Gasteiger partial charge in [0.25, 0.3) is 0 Å². The molecule has 1 fully saturated rings. The van der Waals surface area contributed by atoms with E-state index in [2.05, 4.69) is 19.2 Å². The van der Waals surface area contributed by atoms with Crippen LogP contribution < -0.4 is 5.32 Å². The maximum atomic E-state index is 8.74. The predicted octanol–water partition coefficient (Wildman–Crippen LogP) is 2.32. The second-order valence-corrected chi connectivity index (χ2v) is 4.90. The zero-order chi connectivity index (χ0) is 10.4. The summed E-state index contributed by atoms with van der Waals surface area (Å²) in [6.07, 6.45) is 7.49. The van der Waals surface area contributed by atoms with Crippen molar-refractivity contribution >= 4 is 0 Å². The lowest BCUT2D eigenvalue weighted by Crippen LogP contribution is -2.39. The van der Waals surface area contributed by atoms with Crippen molar-refractivity contribution in [2.45, 2.75) is 64.5 Å². The van der Waals surface area contributed by atoms with Crippen LogP contribution in [0.1, 0.15) is 52.4 Å². The normalized spacial score (nSPS) is 30.2. The highest BCUT2D eigenvalue weighted by atomic mass is 16.2. The highest BCUT2D eigenvalue weighted by Crippen LogP contribution is 2.23. The van der Waals surface area contributed by atoms with Gasteiger partial charge in [-0.1, -0.05) is 19.8 Å². The fourth-order valence-corrected chi connectivity index (χ4v) is 2.47. The Balaban J connectivity index is 2.15. The number of aliphatic hydroxyl groups excluding tert-OH is 1. The molecule has 2 N–H and O–H groups in total. The summed E-state index contributed by atoms with van der Waals surface area (Å²) in [5, 5.41) is 12.4. The molecule has 0 heterocycles. The van der Waals surface area contributed by atoms with Crippen LogP contribution in [0.25, 0.3) is 0 Å². The van der Waals surface area contributed by atoms with E-state index in [1.807, 2.05) is 0 Å². The lowest BCUT2D eigenvalue weighted by atomic mass is 9.86. The van der Waals surface area contributed by atoms with Crippen LogP contribution >= 0.6 is 0 Å². The Bertz CT molecular complexity index is 149. The Morgan fingerprint density at radius 3 is 2.86 bits per heavy atom. The van der Waals surface area contributed by atoms with E-state index in [0.29, 0.717) is 12.6 Å². The van der Waals surface area contributed by atoms with Crippen LogP contribution in [-0.2, 0) is 0 Å².